The number of hydrogen-bond acceptors (Lipinski definition) is 7. The van der Waals surface area contributed by atoms with Crippen LogP contribution in [-0.4, -0.2) is 78.5 Å². The number of aromatic amines is 1. The van der Waals surface area contributed by atoms with Crippen LogP contribution in [-0.2, 0) is 49.3 Å². The minimum absolute atomic E-state index is 0.157. The van der Waals surface area contributed by atoms with E-state index >= 15 is 0 Å². The SMILES string of the molecule is N[C@@H](Cc1ccc(CP(=O)(O)O)cc1)C(=O)N[C@H]1CCCC[C@H]2CC[C@@H](C(=O)N[C@@H](Cc3cnc[nH]3)C(=O)NCc3ccccc3)N2C1=O. The largest absolute Gasteiger partial charge is 0.350 e. The first-order valence-electron chi connectivity index (χ1n) is 16.6. The van der Waals surface area contributed by atoms with Crippen LogP contribution in [0.15, 0.2) is 67.1 Å². The van der Waals surface area contributed by atoms with Gasteiger partial charge in [-0.15, -0.1) is 0 Å². The van der Waals surface area contributed by atoms with Gasteiger partial charge in [-0.3, -0.25) is 23.7 Å². The number of nitrogens with two attached hydrogens (primary N) is 1. The van der Waals surface area contributed by atoms with Gasteiger partial charge >= 0.3 is 7.60 Å². The first kappa shape index (κ1) is 35.9. The summed E-state index contributed by atoms with van der Waals surface area (Å²) in [6.45, 7) is 0.288. The van der Waals surface area contributed by atoms with Crippen molar-refractivity contribution in [3.05, 3.63) is 89.5 Å². The molecule has 1 aromatic heterocycles. The van der Waals surface area contributed by atoms with Gasteiger partial charge in [-0.05, 0) is 48.8 Å². The number of hydrogen-bond donors (Lipinski definition) is 7. The smallest absolute Gasteiger partial charge is 0.329 e. The highest BCUT2D eigenvalue weighted by Crippen LogP contribution is 2.39. The van der Waals surface area contributed by atoms with Crippen molar-refractivity contribution >= 4 is 31.2 Å². The molecule has 14 nitrogen and oxygen atoms in total. The third kappa shape index (κ3) is 10.1. The summed E-state index contributed by atoms with van der Waals surface area (Å²) in [6.07, 6.45) is 6.80. The van der Waals surface area contributed by atoms with E-state index in [0.717, 1.165) is 24.8 Å². The second-order valence-electron chi connectivity index (χ2n) is 12.8. The van der Waals surface area contributed by atoms with Crippen molar-refractivity contribution < 1.29 is 33.5 Å². The van der Waals surface area contributed by atoms with Crippen LogP contribution in [0.3, 0.4) is 0 Å². The molecule has 0 spiro atoms. The monoisotopic (exact) mass is 693 g/mol. The quantitative estimate of drug-likeness (QED) is 0.129. The van der Waals surface area contributed by atoms with Gasteiger partial charge in [0, 0.05) is 30.9 Å². The fourth-order valence-corrected chi connectivity index (χ4v) is 7.26. The van der Waals surface area contributed by atoms with E-state index in [0.29, 0.717) is 36.1 Å². The first-order valence-corrected chi connectivity index (χ1v) is 18.4. The van der Waals surface area contributed by atoms with Crippen molar-refractivity contribution in [1.82, 2.24) is 30.8 Å². The molecule has 3 heterocycles. The van der Waals surface area contributed by atoms with Gasteiger partial charge in [0.25, 0.3) is 0 Å². The zero-order valence-corrected chi connectivity index (χ0v) is 28.1. The predicted molar refractivity (Wildman–Crippen MR) is 180 cm³/mol. The summed E-state index contributed by atoms with van der Waals surface area (Å²) in [7, 11) is -4.21. The van der Waals surface area contributed by atoms with Crippen LogP contribution in [0.5, 0.6) is 0 Å². The average molecular weight is 694 g/mol. The number of fused-ring (bicyclic) bond motifs is 1. The Morgan fingerprint density at radius 2 is 1.65 bits per heavy atom. The van der Waals surface area contributed by atoms with E-state index < -0.39 is 43.6 Å². The lowest BCUT2D eigenvalue weighted by atomic mass is 9.98. The maximum Gasteiger partial charge on any atom is 0.329 e. The molecule has 2 aliphatic rings. The molecule has 2 aromatic carbocycles. The van der Waals surface area contributed by atoms with Crippen LogP contribution in [0, 0.1) is 0 Å². The maximum absolute atomic E-state index is 14.0. The summed E-state index contributed by atoms with van der Waals surface area (Å²) in [6, 6.07) is 12.2. The predicted octanol–water partition coefficient (Wildman–Crippen LogP) is 1.42. The Morgan fingerprint density at radius 1 is 0.939 bits per heavy atom. The summed E-state index contributed by atoms with van der Waals surface area (Å²) < 4.78 is 11.3. The van der Waals surface area contributed by atoms with Crippen LogP contribution in [0.2, 0.25) is 0 Å². The molecule has 0 radical (unpaired) electrons. The van der Waals surface area contributed by atoms with E-state index in [9.17, 15) is 33.5 Å². The molecule has 262 valence electrons. The first-order chi connectivity index (χ1) is 23.5. The molecule has 0 saturated carbocycles. The number of carbonyl (C=O) groups is 4. The Labute approximate surface area is 284 Å². The molecule has 5 atom stereocenters. The molecule has 0 aliphatic carbocycles. The van der Waals surface area contributed by atoms with Gasteiger partial charge in [0.1, 0.15) is 18.1 Å². The van der Waals surface area contributed by atoms with Gasteiger partial charge in [-0.25, -0.2) is 4.98 Å². The number of nitrogens with zero attached hydrogens (tertiary/aromatic N) is 2. The van der Waals surface area contributed by atoms with Crippen LogP contribution < -0.4 is 21.7 Å². The minimum atomic E-state index is -4.21. The van der Waals surface area contributed by atoms with Crippen molar-refractivity contribution in [2.24, 2.45) is 5.73 Å². The number of rotatable bonds is 13. The number of benzene rings is 2. The number of amides is 4. The molecule has 2 aliphatic heterocycles. The molecule has 2 saturated heterocycles. The lowest BCUT2D eigenvalue weighted by Gasteiger charge is -2.36. The van der Waals surface area contributed by atoms with E-state index in [2.05, 4.69) is 25.9 Å². The van der Waals surface area contributed by atoms with E-state index in [-0.39, 0.29) is 43.4 Å². The van der Waals surface area contributed by atoms with Gasteiger partial charge in [0.05, 0.1) is 18.5 Å². The van der Waals surface area contributed by atoms with E-state index in [1.54, 1.807) is 35.4 Å². The standard InChI is InChI=1S/C34H44N7O7P/c35-27(16-22-10-12-24(13-11-22)20-49(46,47)48)31(42)39-28-9-5-4-8-26-14-15-30(41(26)34(28)45)33(44)40-29(17-25-19-36-21-38-25)32(43)37-18-23-6-2-1-3-7-23/h1-3,6-7,10-13,19,21,26-30H,4-5,8-9,14-18,20,35H2,(H,36,38)(H,37,43)(H,39,42)(H,40,44)(H2,46,47,48)/t26-,27-,28-,29-,30-/m0/s1. The van der Waals surface area contributed by atoms with Gasteiger partial charge in [-0.1, -0.05) is 67.4 Å². The van der Waals surface area contributed by atoms with E-state index in [1.165, 1.54) is 6.33 Å². The number of imidazole rings is 1. The molecule has 2 fully saturated rings. The lowest BCUT2D eigenvalue weighted by Crippen LogP contribution is -2.59. The van der Waals surface area contributed by atoms with Crippen molar-refractivity contribution in [1.29, 1.82) is 0 Å². The third-order valence-corrected chi connectivity index (χ3v) is 9.86. The number of nitrogens with one attached hydrogen (secondary N) is 4. The van der Waals surface area contributed by atoms with Crippen LogP contribution in [0.4, 0.5) is 0 Å². The summed E-state index contributed by atoms with van der Waals surface area (Å²) >= 11 is 0. The zero-order valence-electron chi connectivity index (χ0n) is 27.2. The average Bonchev–Trinajstić information content (AvgIpc) is 3.74. The number of aromatic nitrogens is 2. The van der Waals surface area contributed by atoms with Crippen molar-refractivity contribution in [2.45, 2.75) is 94.3 Å². The van der Waals surface area contributed by atoms with E-state index in [1.807, 2.05) is 30.3 Å². The fraction of sp³-hybridized carbons (Fsp3) is 0.441. The summed E-state index contributed by atoms with van der Waals surface area (Å²) in [4.78, 5) is 81.5. The van der Waals surface area contributed by atoms with Crippen LogP contribution in [0.25, 0.3) is 0 Å². The Kier molecular flexibility index (Phi) is 12.0. The molecule has 15 heteroatoms. The van der Waals surface area contributed by atoms with Crippen LogP contribution >= 0.6 is 7.60 Å². The summed E-state index contributed by atoms with van der Waals surface area (Å²) in [5.41, 5.74) is 8.99. The van der Waals surface area contributed by atoms with Gasteiger partial charge in [0.15, 0.2) is 0 Å². The Balaban J connectivity index is 1.23. The molecule has 8 N–H and O–H groups in total. The highest BCUT2D eigenvalue weighted by Gasteiger charge is 2.44. The Hall–Kier alpha value is -4.36. The number of H-pyrrole nitrogens is 1. The second kappa shape index (κ2) is 16.4. The van der Waals surface area contributed by atoms with Gasteiger partial charge < -0.3 is 41.4 Å². The molecule has 0 unspecified atom stereocenters. The summed E-state index contributed by atoms with van der Waals surface area (Å²) in [5, 5.41) is 8.62. The van der Waals surface area contributed by atoms with Crippen molar-refractivity contribution in [2.75, 3.05) is 0 Å². The molecule has 4 amide bonds. The molecular formula is C34H44N7O7P. The molecule has 0 bridgehead atoms. The zero-order chi connectivity index (χ0) is 35.0. The second-order valence-corrected chi connectivity index (χ2v) is 14.5. The summed E-state index contributed by atoms with van der Waals surface area (Å²) in [5.74, 6) is -1.65. The minimum Gasteiger partial charge on any atom is -0.350 e. The number of carbonyl (C=O) groups excluding carboxylic acids is 4. The molecule has 5 rings (SSSR count). The normalized spacial score (nSPS) is 20.8. The Morgan fingerprint density at radius 3 is 2.35 bits per heavy atom. The molecule has 3 aromatic rings. The van der Waals surface area contributed by atoms with Crippen molar-refractivity contribution in [3.8, 4) is 0 Å². The Bertz CT molecular complexity index is 1630. The van der Waals surface area contributed by atoms with Gasteiger partial charge in [-0.2, -0.15) is 0 Å². The fourth-order valence-electron chi connectivity index (χ4n) is 6.57. The van der Waals surface area contributed by atoms with Crippen molar-refractivity contribution in [3.63, 3.8) is 0 Å². The highest BCUT2D eigenvalue weighted by atomic mass is 31.2. The molecular weight excluding hydrogens is 649 g/mol. The van der Waals surface area contributed by atoms with Crippen LogP contribution in [0.1, 0.15) is 60.9 Å². The maximum atomic E-state index is 14.0. The van der Waals surface area contributed by atoms with E-state index in [4.69, 9.17) is 5.73 Å². The molecule has 49 heavy (non-hydrogen) atoms. The van der Waals surface area contributed by atoms with Gasteiger partial charge in [0.2, 0.25) is 23.6 Å². The topological polar surface area (TPSA) is 220 Å². The lowest BCUT2D eigenvalue weighted by molar-refractivity contribution is -0.145. The highest BCUT2D eigenvalue weighted by molar-refractivity contribution is 7.50. The third-order valence-electron chi connectivity index (χ3n) is 9.08.